The summed E-state index contributed by atoms with van der Waals surface area (Å²) in [7, 11) is 0. The number of nitro groups is 1. The highest BCUT2D eigenvalue weighted by Gasteiger charge is 2.16. The van der Waals surface area contributed by atoms with Gasteiger partial charge < -0.3 is 4.74 Å². The Balaban J connectivity index is 2.29. The lowest BCUT2D eigenvalue weighted by molar-refractivity contribution is -0.385. The third-order valence-corrected chi connectivity index (χ3v) is 3.23. The van der Waals surface area contributed by atoms with Crippen LogP contribution in [0.25, 0.3) is 0 Å². The zero-order chi connectivity index (χ0) is 15.6. The number of nitro benzene ring substituents is 1. The zero-order valence-corrected chi connectivity index (χ0v) is 12.0. The van der Waals surface area contributed by atoms with Gasteiger partial charge in [0.05, 0.1) is 10.5 Å². The lowest BCUT2D eigenvalue weighted by Crippen LogP contribution is -2.10. The van der Waals surface area contributed by atoms with Crippen LogP contribution in [0.5, 0.6) is 5.75 Å². The van der Waals surface area contributed by atoms with Gasteiger partial charge in [-0.3, -0.25) is 10.1 Å². The van der Waals surface area contributed by atoms with Crippen LogP contribution in [0.2, 0.25) is 0 Å². The van der Waals surface area contributed by atoms with Crippen LogP contribution in [0.3, 0.4) is 0 Å². The Morgan fingerprint density at radius 3 is 2.19 bits per heavy atom. The van der Waals surface area contributed by atoms with Crippen molar-refractivity contribution in [3.63, 3.8) is 0 Å². The maximum absolute atomic E-state index is 12.2. The molecule has 0 aromatic heterocycles. The van der Waals surface area contributed by atoms with E-state index in [0.717, 1.165) is 11.1 Å². The number of esters is 1. The van der Waals surface area contributed by atoms with Crippen LogP contribution in [-0.4, -0.2) is 10.9 Å². The van der Waals surface area contributed by atoms with Crippen molar-refractivity contribution in [2.45, 2.75) is 20.8 Å². The maximum atomic E-state index is 12.2. The van der Waals surface area contributed by atoms with Crippen LogP contribution in [-0.2, 0) is 0 Å². The van der Waals surface area contributed by atoms with Gasteiger partial charge in [0, 0.05) is 11.6 Å². The minimum absolute atomic E-state index is 0.0152. The number of carbonyl (C=O) groups is 1. The molecule has 0 aliphatic heterocycles. The summed E-state index contributed by atoms with van der Waals surface area (Å²) in [4.78, 5) is 22.5. The van der Waals surface area contributed by atoms with E-state index in [1.54, 1.807) is 6.92 Å². The van der Waals surface area contributed by atoms with Crippen molar-refractivity contribution < 1.29 is 14.5 Å². The number of rotatable bonds is 3. The van der Waals surface area contributed by atoms with Gasteiger partial charge in [0.1, 0.15) is 5.75 Å². The number of ether oxygens (including phenoxy) is 1. The van der Waals surface area contributed by atoms with Crippen molar-refractivity contribution in [2.24, 2.45) is 0 Å². The highest BCUT2D eigenvalue weighted by atomic mass is 16.6. The average molecular weight is 285 g/mol. The fourth-order valence-electron chi connectivity index (χ4n) is 2.10. The summed E-state index contributed by atoms with van der Waals surface area (Å²) in [5.74, 6) is 0.00361. The van der Waals surface area contributed by atoms with Crippen LogP contribution in [0.4, 0.5) is 5.69 Å². The fourth-order valence-corrected chi connectivity index (χ4v) is 2.10. The summed E-state index contributed by atoms with van der Waals surface area (Å²) >= 11 is 0. The van der Waals surface area contributed by atoms with E-state index in [-0.39, 0.29) is 5.69 Å². The van der Waals surface area contributed by atoms with Crippen molar-refractivity contribution in [1.29, 1.82) is 0 Å². The molecule has 0 amide bonds. The summed E-state index contributed by atoms with van der Waals surface area (Å²) in [6.45, 7) is 5.31. The largest absolute Gasteiger partial charge is 0.422 e. The molecular formula is C16H15NO4. The number of para-hydroxylation sites is 1. The molecule has 21 heavy (non-hydrogen) atoms. The van der Waals surface area contributed by atoms with E-state index < -0.39 is 10.9 Å². The number of benzene rings is 2. The van der Waals surface area contributed by atoms with E-state index in [2.05, 4.69) is 0 Å². The first kappa shape index (κ1) is 14.7. The van der Waals surface area contributed by atoms with E-state index in [4.69, 9.17) is 4.74 Å². The fraction of sp³-hybridized carbons (Fsp3) is 0.188. The van der Waals surface area contributed by atoms with E-state index >= 15 is 0 Å². The Morgan fingerprint density at radius 2 is 1.67 bits per heavy atom. The maximum Gasteiger partial charge on any atom is 0.343 e. The molecule has 5 heteroatoms. The van der Waals surface area contributed by atoms with Gasteiger partial charge >= 0.3 is 5.97 Å². The van der Waals surface area contributed by atoms with E-state index in [1.807, 2.05) is 32.0 Å². The Kier molecular flexibility index (Phi) is 4.03. The second-order valence-electron chi connectivity index (χ2n) is 4.87. The van der Waals surface area contributed by atoms with Gasteiger partial charge in [-0.1, -0.05) is 18.2 Å². The molecule has 108 valence electrons. The van der Waals surface area contributed by atoms with Crippen LogP contribution in [0, 0.1) is 30.9 Å². The molecular weight excluding hydrogens is 270 g/mol. The summed E-state index contributed by atoms with van der Waals surface area (Å²) in [5, 5.41) is 10.8. The molecule has 2 rings (SSSR count). The molecule has 0 atom stereocenters. The first-order valence-corrected chi connectivity index (χ1v) is 6.43. The first-order valence-electron chi connectivity index (χ1n) is 6.43. The highest BCUT2D eigenvalue weighted by molar-refractivity contribution is 5.92. The molecule has 2 aromatic carbocycles. The normalized spacial score (nSPS) is 10.2. The number of hydrogen-bond donors (Lipinski definition) is 0. The summed E-state index contributed by atoms with van der Waals surface area (Å²) < 4.78 is 5.41. The number of hydrogen-bond acceptors (Lipinski definition) is 4. The quantitative estimate of drug-likeness (QED) is 0.373. The van der Waals surface area contributed by atoms with Crippen molar-refractivity contribution in [1.82, 2.24) is 0 Å². The van der Waals surface area contributed by atoms with Crippen molar-refractivity contribution in [3.8, 4) is 5.75 Å². The van der Waals surface area contributed by atoms with E-state index in [9.17, 15) is 14.9 Å². The monoisotopic (exact) mass is 285 g/mol. The van der Waals surface area contributed by atoms with Crippen LogP contribution in [0.1, 0.15) is 27.0 Å². The molecule has 0 N–H and O–H groups in total. The average Bonchev–Trinajstić information content (AvgIpc) is 2.42. The molecule has 0 aliphatic rings. The minimum atomic E-state index is -0.523. The molecule has 0 aliphatic carbocycles. The molecule has 0 spiro atoms. The minimum Gasteiger partial charge on any atom is -0.422 e. The molecule has 0 bridgehead atoms. The number of carbonyl (C=O) groups excluding carboxylic acids is 1. The van der Waals surface area contributed by atoms with Crippen molar-refractivity contribution >= 4 is 11.7 Å². The van der Waals surface area contributed by atoms with E-state index in [0.29, 0.717) is 16.9 Å². The Morgan fingerprint density at radius 1 is 1.05 bits per heavy atom. The smallest absolute Gasteiger partial charge is 0.343 e. The molecule has 0 fully saturated rings. The standard InChI is InChI=1S/C16H15NO4/c1-10-5-4-6-11(2)15(10)21-16(18)13-7-8-14(17(19)20)12(3)9-13/h4-9H,1-3H3. The second kappa shape index (κ2) is 5.75. The molecule has 0 radical (unpaired) electrons. The molecule has 0 saturated heterocycles. The summed E-state index contributed by atoms with van der Waals surface area (Å²) in [6, 6.07) is 9.79. The highest BCUT2D eigenvalue weighted by Crippen LogP contribution is 2.24. The number of aryl methyl sites for hydroxylation is 3. The number of nitrogens with zero attached hydrogens (tertiary/aromatic N) is 1. The summed E-state index contributed by atoms with van der Waals surface area (Å²) in [6.07, 6.45) is 0. The SMILES string of the molecule is Cc1cc(C(=O)Oc2c(C)cccc2C)ccc1[N+](=O)[O-]. The van der Waals surface area contributed by atoms with Crippen LogP contribution >= 0.6 is 0 Å². The Bertz CT molecular complexity index is 702. The van der Waals surface area contributed by atoms with Gasteiger partial charge in [0.2, 0.25) is 0 Å². The molecule has 5 nitrogen and oxygen atoms in total. The van der Waals surface area contributed by atoms with Crippen molar-refractivity contribution in [2.75, 3.05) is 0 Å². The third-order valence-electron chi connectivity index (χ3n) is 3.23. The molecule has 2 aromatic rings. The second-order valence-corrected chi connectivity index (χ2v) is 4.87. The predicted octanol–water partition coefficient (Wildman–Crippen LogP) is 3.74. The Hall–Kier alpha value is -2.69. The molecule has 0 heterocycles. The lowest BCUT2D eigenvalue weighted by atomic mass is 10.1. The topological polar surface area (TPSA) is 69.4 Å². The van der Waals surface area contributed by atoms with Gasteiger partial charge in [-0.15, -0.1) is 0 Å². The van der Waals surface area contributed by atoms with E-state index in [1.165, 1.54) is 18.2 Å². The summed E-state index contributed by atoms with van der Waals surface area (Å²) in [5.41, 5.74) is 2.43. The van der Waals surface area contributed by atoms with Gasteiger partial charge in [0.25, 0.3) is 5.69 Å². The Labute approximate surface area is 122 Å². The van der Waals surface area contributed by atoms with Gasteiger partial charge in [-0.2, -0.15) is 0 Å². The van der Waals surface area contributed by atoms with Gasteiger partial charge in [0.15, 0.2) is 0 Å². The van der Waals surface area contributed by atoms with Gasteiger partial charge in [-0.25, -0.2) is 4.79 Å². The lowest BCUT2D eigenvalue weighted by Gasteiger charge is -2.10. The zero-order valence-electron chi connectivity index (χ0n) is 12.0. The van der Waals surface area contributed by atoms with Crippen molar-refractivity contribution in [3.05, 3.63) is 68.8 Å². The van der Waals surface area contributed by atoms with Gasteiger partial charge in [-0.05, 0) is 44.0 Å². The van der Waals surface area contributed by atoms with Crippen LogP contribution in [0.15, 0.2) is 36.4 Å². The van der Waals surface area contributed by atoms with Crippen LogP contribution < -0.4 is 4.74 Å². The third kappa shape index (κ3) is 3.08. The molecule has 0 unspecified atom stereocenters. The molecule has 0 saturated carbocycles. The predicted molar refractivity (Wildman–Crippen MR) is 78.7 cm³/mol. The first-order chi connectivity index (χ1) is 9.90.